The summed E-state index contributed by atoms with van der Waals surface area (Å²) in [5.41, 5.74) is -0.475. The molecule has 0 saturated carbocycles. The van der Waals surface area contributed by atoms with Gasteiger partial charge in [0.05, 0.1) is 19.1 Å². The molecule has 1 aliphatic rings. The van der Waals surface area contributed by atoms with Crippen molar-refractivity contribution in [3.8, 4) is 0 Å². The van der Waals surface area contributed by atoms with Crippen LogP contribution < -0.4 is 5.32 Å². The third-order valence-corrected chi connectivity index (χ3v) is 4.46. The number of ether oxygens (including phenoxy) is 1. The van der Waals surface area contributed by atoms with Gasteiger partial charge in [-0.3, -0.25) is 9.89 Å². The molecule has 1 N–H and O–H groups in total. The first-order valence-electron chi connectivity index (χ1n) is 8.07. The molecule has 0 saturated heterocycles. The van der Waals surface area contributed by atoms with Gasteiger partial charge in [-0.2, -0.15) is 0 Å². The van der Waals surface area contributed by atoms with E-state index in [1.807, 2.05) is 20.8 Å². The molecule has 1 aliphatic heterocycles. The van der Waals surface area contributed by atoms with Crippen LogP contribution in [0.4, 0.5) is 4.79 Å². The Hall–Kier alpha value is -1.56. The lowest BCUT2D eigenvalue weighted by Gasteiger charge is -2.32. The first-order chi connectivity index (χ1) is 10.8. The minimum Gasteiger partial charge on any atom is -0.444 e. The fourth-order valence-corrected chi connectivity index (χ4v) is 3.35. The van der Waals surface area contributed by atoms with E-state index in [0.717, 1.165) is 5.84 Å². The molecule has 0 spiro atoms. The molecule has 0 radical (unpaired) electrons. The number of amides is 1. The number of aliphatic imine (C=N–C) groups is 1. The predicted molar refractivity (Wildman–Crippen MR) is 95.1 cm³/mol. The number of carbonyl (C=O) groups excluding carboxylic acids is 1. The quantitative estimate of drug-likeness (QED) is 0.915. The summed E-state index contributed by atoms with van der Waals surface area (Å²) < 4.78 is 5.46. The maximum absolute atomic E-state index is 12.2. The van der Waals surface area contributed by atoms with Crippen LogP contribution in [0, 0.1) is 5.92 Å². The zero-order valence-electron chi connectivity index (χ0n) is 14.6. The largest absolute Gasteiger partial charge is 0.444 e. The van der Waals surface area contributed by atoms with Crippen LogP contribution in [0.25, 0.3) is 0 Å². The van der Waals surface area contributed by atoms with Crippen LogP contribution in [0.3, 0.4) is 0 Å². The molecule has 5 nitrogen and oxygen atoms in total. The highest BCUT2D eigenvalue weighted by atomic mass is 32.1. The minimum atomic E-state index is -0.475. The molecule has 128 valence electrons. The van der Waals surface area contributed by atoms with Gasteiger partial charge in [-0.1, -0.05) is 19.9 Å². The van der Waals surface area contributed by atoms with Gasteiger partial charge in [0.25, 0.3) is 0 Å². The van der Waals surface area contributed by atoms with E-state index in [0.29, 0.717) is 25.6 Å². The zero-order valence-corrected chi connectivity index (χ0v) is 15.4. The Kier molecular flexibility index (Phi) is 5.68. The Bertz CT molecular complexity index is 547. The van der Waals surface area contributed by atoms with Crippen molar-refractivity contribution < 1.29 is 9.53 Å². The van der Waals surface area contributed by atoms with Gasteiger partial charge >= 0.3 is 6.09 Å². The second kappa shape index (κ2) is 7.34. The monoisotopic (exact) mass is 337 g/mol. The number of hydrogen-bond donors (Lipinski definition) is 1. The van der Waals surface area contributed by atoms with Crippen LogP contribution in [0.1, 0.15) is 45.5 Å². The van der Waals surface area contributed by atoms with E-state index in [9.17, 15) is 4.79 Å². The molecular weight excluding hydrogens is 310 g/mol. The van der Waals surface area contributed by atoms with E-state index >= 15 is 0 Å². The summed E-state index contributed by atoms with van der Waals surface area (Å²) in [6, 6.07) is 4.41. The summed E-state index contributed by atoms with van der Waals surface area (Å²) in [4.78, 5) is 19.8. The second-order valence-electron chi connectivity index (χ2n) is 7.11. The maximum Gasteiger partial charge on any atom is 0.410 e. The first kappa shape index (κ1) is 17.8. The van der Waals surface area contributed by atoms with Crippen molar-refractivity contribution >= 4 is 23.3 Å². The van der Waals surface area contributed by atoms with E-state index in [4.69, 9.17) is 4.74 Å². The molecular formula is C17H27N3O2S. The Morgan fingerprint density at radius 3 is 2.74 bits per heavy atom. The Morgan fingerprint density at radius 2 is 2.17 bits per heavy atom. The Labute approximate surface area is 142 Å². The predicted octanol–water partition coefficient (Wildman–Crippen LogP) is 3.68. The van der Waals surface area contributed by atoms with E-state index in [2.05, 4.69) is 41.7 Å². The van der Waals surface area contributed by atoms with Gasteiger partial charge in [0.1, 0.15) is 11.4 Å². The van der Waals surface area contributed by atoms with Crippen molar-refractivity contribution in [2.45, 2.75) is 46.3 Å². The number of nitrogens with zero attached hydrogens (tertiary/aromatic N) is 2. The number of thiophene rings is 1. The normalized spacial score (nSPS) is 17.0. The summed E-state index contributed by atoms with van der Waals surface area (Å²) in [5, 5.41) is 5.60. The van der Waals surface area contributed by atoms with Crippen LogP contribution in [-0.2, 0) is 4.74 Å². The van der Waals surface area contributed by atoms with Crippen LogP contribution in [-0.4, -0.2) is 42.1 Å². The van der Waals surface area contributed by atoms with Gasteiger partial charge in [-0.05, 0) is 38.1 Å². The lowest BCUT2D eigenvalue weighted by molar-refractivity contribution is 0.0276. The fourth-order valence-electron chi connectivity index (χ4n) is 2.40. The van der Waals surface area contributed by atoms with Gasteiger partial charge in [0, 0.05) is 11.4 Å². The van der Waals surface area contributed by atoms with Crippen molar-refractivity contribution in [2.75, 3.05) is 19.6 Å². The third-order valence-electron chi connectivity index (χ3n) is 3.50. The molecule has 0 aliphatic carbocycles. The van der Waals surface area contributed by atoms with E-state index in [-0.39, 0.29) is 12.1 Å². The van der Waals surface area contributed by atoms with Gasteiger partial charge in [0.15, 0.2) is 0 Å². The van der Waals surface area contributed by atoms with Crippen molar-refractivity contribution in [2.24, 2.45) is 10.9 Å². The highest BCUT2D eigenvalue weighted by Gasteiger charge is 2.26. The highest BCUT2D eigenvalue weighted by Crippen LogP contribution is 2.26. The molecule has 1 aromatic rings. The average molecular weight is 337 g/mol. The molecule has 2 heterocycles. The summed E-state index contributed by atoms with van der Waals surface area (Å²) in [5.74, 6) is 1.29. The topological polar surface area (TPSA) is 53.9 Å². The van der Waals surface area contributed by atoms with Crippen molar-refractivity contribution in [1.82, 2.24) is 10.2 Å². The number of carbonyl (C=O) groups is 1. The molecule has 1 unspecified atom stereocenters. The lowest BCUT2D eigenvalue weighted by atomic mass is 10.0. The van der Waals surface area contributed by atoms with Crippen LogP contribution in [0.5, 0.6) is 0 Å². The first-order valence-corrected chi connectivity index (χ1v) is 8.95. The SMILES string of the molecule is CC(C)C(NC1=NCCN(C(=O)OC(C)(C)C)C1)c1cccs1. The minimum absolute atomic E-state index is 0.215. The van der Waals surface area contributed by atoms with E-state index in [1.165, 1.54) is 4.88 Å². The van der Waals surface area contributed by atoms with Gasteiger partial charge < -0.3 is 10.1 Å². The molecule has 23 heavy (non-hydrogen) atoms. The van der Waals surface area contributed by atoms with Gasteiger partial charge in [0.2, 0.25) is 0 Å². The molecule has 0 aromatic carbocycles. The Morgan fingerprint density at radius 1 is 1.43 bits per heavy atom. The van der Waals surface area contributed by atoms with Crippen molar-refractivity contribution in [3.63, 3.8) is 0 Å². The molecule has 1 aromatic heterocycles. The molecule has 2 rings (SSSR count). The van der Waals surface area contributed by atoms with Crippen molar-refractivity contribution in [3.05, 3.63) is 22.4 Å². The maximum atomic E-state index is 12.2. The Balaban J connectivity index is 2.00. The molecule has 1 amide bonds. The van der Waals surface area contributed by atoms with E-state index in [1.54, 1.807) is 16.2 Å². The number of rotatable bonds is 3. The summed E-state index contributed by atoms with van der Waals surface area (Å²) in [6.45, 7) is 11.7. The molecule has 0 bridgehead atoms. The zero-order chi connectivity index (χ0) is 17.0. The summed E-state index contributed by atoms with van der Waals surface area (Å²) >= 11 is 1.74. The smallest absolute Gasteiger partial charge is 0.410 e. The summed E-state index contributed by atoms with van der Waals surface area (Å²) in [7, 11) is 0. The van der Waals surface area contributed by atoms with E-state index < -0.39 is 5.60 Å². The standard InChI is InChI=1S/C17H27N3O2S/c1-12(2)15(13-7-6-10-23-13)19-14-11-20(9-8-18-14)16(21)22-17(3,4)5/h6-7,10,12,15H,8-9,11H2,1-5H3,(H,18,19). The number of hydrogen-bond acceptors (Lipinski definition) is 5. The van der Waals surface area contributed by atoms with Gasteiger partial charge in [-0.15, -0.1) is 11.3 Å². The third kappa shape index (κ3) is 5.23. The van der Waals surface area contributed by atoms with Crippen LogP contribution in [0.15, 0.2) is 22.5 Å². The number of amidine groups is 1. The number of nitrogens with one attached hydrogen (secondary N) is 1. The van der Waals surface area contributed by atoms with Crippen molar-refractivity contribution in [1.29, 1.82) is 0 Å². The molecule has 6 heteroatoms. The lowest BCUT2D eigenvalue weighted by Crippen LogP contribution is -2.48. The average Bonchev–Trinajstić information content (AvgIpc) is 2.96. The summed E-state index contributed by atoms with van der Waals surface area (Å²) in [6.07, 6.45) is -0.274. The molecule has 1 atom stereocenters. The molecule has 0 fully saturated rings. The van der Waals surface area contributed by atoms with Crippen LogP contribution in [0.2, 0.25) is 0 Å². The highest BCUT2D eigenvalue weighted by molar-refractivity contribution is 7.10. The fraction of sp³-hybridized carbons (Fsp3) is 0.647. The van der Waals surface area contributed by atoms with Gasteiger partial charge in [-0.25, -0.2) is 4.79 Å². The van der Waals surface area contributed by atoms with Crippen LogP contribution >= 0.6 is 11.3 Å². The second-order valence-corrected chi connectivity index (χ2v) is 8.09.